The van der Waals surface area contributed by atoms with Gasteiger partial charge in [0.25, 0.3) is 5.91 Å². The average molecular weight is 293 g/mol. The van der Waals surface area contributed by atoms with Crippen LogP contribution in [0.25, 0.3) is 0 Å². The number of hydrogen-bond acceptors (Lipinski definition) is 5. The lowest BCUT2D eigenvalue weighted by molar-refractivity contribution is -0.0184. The van der Waals surface area contributed by atoms with Crippen molar-refractivity contribution in [1.29, 1.82) is 0 Å². The number of amides is 1. The number of carbonyl (C=O) groups excluding carboxylic acids is 1. The number of rotatable bonds is 5. The molecule has 1 saturated heterocycles. The Morgan fingerprint density at radius 2 is 2.38 bits per heavy atom. The van der Waals surface area contributed by atoms with Crippen molar-refractivity contribution in [3.8, 4) is 0 Å². The average Bonchev–Trinajstić information content (AvgIpc) is 2.54. The van der Waals surface area contributed by atoms with E-state index in [1.54, 1.807) is 18.0 Å². The van der Waals surface area contributed by atoms with Crippen LogP contribution < -0.4 is 5.32 Å². The maximum Gasteiger partial charge on any atom is 0.254 e. The van der Waals surface area contributed by atoms with E-state index in [1.807, 2.05) is 6.07 Å². The van der Waals surface area contributed by atoms with Gasteiger partial charge in [-0.2, -0.15) is 0 Å². The summed E-state index contributed by atoms with van der Waals surface area (Å²) in [5.74, 6) is 0.617. The molecule has 0 radical (unpaired) electrons. The number of aromatic nitrogens is 1. The van der Waals surface area contributed by atoms with Gasteiger partial charge in [0.2, 0.25) is 0 Å². The molecule has 1 fully saturated rings. The summed E-state index contributed by atoms with van der Waals surface area (Å²) in [6, 6.07) is 3.33. The highest BCUT2D eigenvalue weighted by Crippen LogP contribution is 2.17. The largest absolute Gasteiger partial charge is 0.394 e. The van der Waals surface area contributed by atoms with E-state index in [2.05, 4.69) is 17.2 Å². The fourth-order valence-electron chi connectivity index (χ4n) is 2.46. The number of morpholine rings is 1. The highest BCUT2D eigenvalue weighted by Gasteiger charge is 2.28. The Morgan fingerprint density at radius 3 is 3.05 bits per heavy atom. The molecular formula is C15H23N3O3. The Bertz CT molecular complexity index is 493. The van der Waals surface area contributed by atoms with Crippen LogP contribution >= 0.6 is 0 Å². The Labute approximate surface area is 125 Å². The van der Waals surface area contributed by atoms with Crippen LogP contribution in [0.15, 0.2) is 12.1 Å². The SMILES string of the molecule is CCCc1cc(C(=O)N2CCOCC2CO)cc(NC)n1. The van der Waals surface area contributed by atoms with Gasteiger partial charge in [-0.25, -0.2) is 4.98 Å². The van der Waals surface area contributed by atoms with Gasteiger partial charge in [-0.1, -0.05) is 13.3 Å². The first-order valence-electron chi connectivity index (χ1n) is 7.37. The van der Waals surface area contributed by atoms with Crippen molar-refractivity contribution < 1.29 is 14.6 Å². The second-order valence-corrected chi connectivity index (χ2v) is 5.14. The van der Waals surface area contributed by atoms with Crippen LogP contribution in [0.4, 0.5) is 5.82 Å². The van der Waals surface area contributed by atoms with Gasteiger partial charge in [0, 0.05) is 24.8 Å². The summed E-state index contributed by atoms with van der Waals surface area (Å²) in [5.41, 5.74) is 1.51. The summed E-state index contributed by atoms with van der Waals surface area (Å²) in [5, 5.41) is 12.4. The van der Waals surface area contributed by atoms with Crippen LogP contribution in [0, 0.1) is 0 Å². The topological polar surface area (TPSA) is 74.7 Å². The molecule has 0 aliphatic carbocycles. The van der Waals surface area contributed by atoms with Gasteiger partial charge in [-0.05, 0) is 18.6 Å². The Morgan fingerprint density at radius 1 is 1.57 bits per heavy atom. The zero-order valence-electron chi connectivity index (χ0n) is 12.6. The predicted molar refractivity (Wildman–Crippen MR) is 80.5 cm³/mol. The Hall–Kier alpha value is -1.66. The predicted octanol–water partition coefficient (Wildman–Crippen LogP) is 0.909. The van der Waals surface area contributed by atoms with Crippen molar-refractivity contribution in [2.75, 3.05) is 38.7 Å². The van der Waals surface area contributed by atoms with E-state index in [4.69, 9.17) is 4.74 Å². The van der Waals surface area contributed by atoms with Crippen molar-refractivity contribution in [1.82, 2.24) is 9.88 Å². The van der Waals surface area contributed by atoms with Crippen molar-refractivity contribution in [2.24, 2.45) is 0 Å². The summed E-state index contributed by atoms with van der Waals surface area (Å²) in [7, 11) is 1.79. The summed E-state index contributed by atoms with van der Waals surface area (Å²) in [6.45, 7) is 3.39. The third-order valence-electron chi connectivity index (χ3n) is 3.59. The second-order valence-electron chi connectivity index (χ2n) is 5.14. The number of aliphatic hydroxyl groups is 1. The number of aryl methyl sites for hydroxylation is 1. The van der Waals surface area contributed by atoms with Gasteiger partial charge in [0.05, 0.1) is 25.9 Å². The van der Waals surface area contributed by atoms with E-state index in [1.165, 1.54) is 0 Å². The van der Waals surface area contributed by atoms with Gasteiger partial charge < -0.3 is 20.1 Å². The van der Waals surface area contributed by atoms with Crippen molar-refractivity contribution in [3.63, 3.8) is 0 Å². The minimum absolute atomic E-state index is 0.0754. The minimum Gasteiger partial charge on any atom is -0.394 e. The van der Waals surface area contributed by atoms with Crippen LogP contribution in [0.3, 0.4) is 0 Å². The molecule has 1 aromatic heterocycles. The number of anilines is 1. The molecule has 0 spiro atoms. The van der Waals surface area contributed by atoms with E-state index < -0.39 is 0 Å². The lowest BCUT2D eigenvalue weighted by atomic mass is 10.1. The van der Waals surface area contributed by atoms with Crippen LogP contribution in [-0.2, 0) is 11.2 Å². The summed E-state index contributed by atoms with van der Waals surface area (Å²) in [4.78, 5) is 18.8. The molecule has 2 N–H and O–H groups in total. The minimum atomic E-state index is -0.271. The van der Waals surface area contributed by atoms with Crippen molar-refractivity contribution >= 4 is 11.7 Å². The first kappa shape index (κ1) is 15.7. The number of nitrogens with one attached hydrogen (secondary N) is 1. The monoisotopic (exact) mass is 293 g/mol. The molecule has 1 unspecified atom stereocenters. The fourth-order valence-corrected chi connectivity index (χ4v) is 2.46. The van der Waals surface area contributed by atoms with E-state index in [-0.39, 0.29) is 18.6 Å². The molecule has 1 amide bonds. The van der Waals surface area contributed by atoms with Crippen LogP contribution in [-0.4, -0.2) is 60.4 Å². The van der Waals surface area contributed by atoms with Gasteiger partial charge in [0.15, 0.2) is 0 Å². The highest BCUT2D eigenvalue weighted by atomic mass is 16.5. The molecule has 0 aromatic carbocycles. The lowest BCUT2D eigenvalue weighted by Gasteiger charge is -2.34. The number of hydrogen-bond donors (Lipinski definition) is 2. The van der Waals surface area contributed by atoms with E-state index in [0.29, 0.717) is 31.1 Å². The van der Waals surface area contributed by atoms with Crippen LogP contribution in [0.2, 0.25) is 0 Å². The first-order valence-corrected chi connectivity index (χ1v) is 7.37. The first-order chi connectivity index (χ1) is 10.2. The molecule has 1 aromatic rings. The quantitative estimate of drug-likeness (QED) is 0.844. The van der Waals surface area contributed by atoms with Crippen molar-refractivity contribution in [3.05, 3.63) is 23.4 Å². The summed E-state index contributed by atoms with van der Waals surface area (Å²) >= 11 is 0. The number of pyridine rings is 1. The third kappa shape index (κ3) is 3.71. The van der Waals surface area contributed by atoms with E-state index in [0.717, 1.165) is 18.5 Å². The molecule has 6 heteroatoms. The summed E-state index contributed by atoms with van der Waals surface area (Å²) < 4.78 is 5.32. The van der Waals surface area contributed by atoms with Crippen LogP contribution in [0.1, 0.15) is 29.4 Å². The standard InChI is InChI=1S/C15H23N3O3/c1-3-4-12-7-11(8-14(16-2)17-12)15(20)18-5-6-21-10-13(18)9-19/h7-8,13,19H,3-6,9-10H2,1-2H3,(H,16,17). The molecule has 1 aliphatic heterocycles. The Kier molecular flexibility index (Phi) is 5.52. The molecule has 6 nitrogen and oxygen atoms in total. The molecule has 2 rings (SSSR count). The number of ether oxygens (including phenoxy) is 1. The number of nitrogens with zero attached hydrogens (tertiary/aromatic N) is 2. The normalized spacial score (nSPS) is 18.6. The van der Waals surface area contributed by atoms with E-state index in [9.17, 15) is 9.90 Å². The van der Waals surface area contributed by atoms with Gasteiger partial charge in [0.1, 0.15) is 5.82 Å². The number of aliphatic hydroxyl groups excluding tert-OH is 1. The number of carbonyl (C=O) groups is 1. The third-order valence-corrected chi connectivity index (χ3v) is 3.59. The molecular weight excluding hydrogens is 270 g/mol. The lowest BCUT2D eigenvalue weighted by Crippen LogP contribution is -2.50. The Balaban J connectivity index is 2.26. The smallest absolute Gasteiger partial charge is 0.254 e. The maximum atomic E-state index is 12.7. The molecule has 21 heavy (non-hydrogen) atoms. The molecule has 1 atom stereocenters. The molecule has 116 valence electrons. The molecule has 2 heterocycles. The molecule has 0 bridgehead atoms. The zero-order valence-corrected chi connectivity index (χ0v) is 12.6. The molecule has 1 aliphatic rings. The van der Waals surface area contributed by atoms with Gasteiger partial charge in [-0.15, -0.1) is 0 Å². The van der Waals surface area contributed by atoms with Gasteiger partial charge in [-0.3, -0.25) is 4.79 Å². The zero-order chi connectivity index (χ0) is 15.2. The fraction of sp³-hybridized carbons (Fsp3) is 0.600. The maximum absolute atomic E-state index is 12.7. The van der Waals surface area contributed by atoms with Gasteiger partial charge >= 0.3 is 0 Å². The van der Waals surface area contributed by atoms with Crippen molar-refractivity contribution in [2.45, 2.75) is 25.8 Å². The highest BCUT2D eigenvalue weighted by molar-refractivity contribution is 5.95. The summed E-state index contributed by atoms with van der Waals surface area (Å²) in [6.07, 6.45) is 1.81. The molecule has 0 saturated carbocycles. The van der Waals surface area contributed by atoms with E-state index >= 15 is 0 Å². The van der Waals surface area contributed by atoms with Crippen LogP contribution in [0.5, 0.6) is 0 Å². The second kappa shape index (κ2) is 7.38.